The van der Waals surface area contributed by atoms with Crippen LogP contribution in [0.3, 0.4) is 0 Å². The Morgan fingerprint density at radius 3 is 3.05 bits per heavy atom. The number of hydrogen-bond donors (Lipinski definition) is 2. The van der Waals surface area contributed by atoms with Gasteiger partial charge in [0.05, 0.1) is 6.04 Å². The third kappa shape index (κ3) is 3.53. The van der Waals surface area contributed by atoms with Crippen molar-refractivity contribution in [3.63, 3.8) is 0 Å². The predicted molar refractivity (Wildman–Crippen MR) is 72.4 cm³/mol. The molecule has 6 nitrogen and oxygen atoms in total. The molecule has 106 valence electrons. The summed E-state index contributed by atoms with van der Waals surface area (Å²) >= 11 is 0. The number of aryl methyl sites for hydroxylation is 1. The van der Waals surface area contributed by atoms with Gasteiger partial charge in [0.2, 0.25) is 5.91 Å². The lowest BCUT2D eigenvalue weighted by molar-refractivity contribution is -0.121. The fourth-order valence-electron chi connectivity index (χ4n) is 2.48. The maximum absolute atomic E-state index is 11.8. The molecule has 6 heteroatoms. The van der Waals surface area contributed by atoms with E-state index in [9.17, 15) is 4.79 Å². The Bertz CT molecular complexity index is 429. The lowest BCUT2D eigenvalue weighted by Crippen LogP contribution is -2.28. The zero-order valence-electron chi connectivity index (χ0n) is 11.6. The SMILES string of the molecule is CC(NC(=O)CCCCCN)c1nnc2n1CCC2. The molecule has 0 radical (unpaired) electrons. The molecule has 1 amide bonds. The molecule has 1 unspecified atom stereocenters. The molecule has 0 spiro atoms. The monoisotopic (exact) mass is 265 g/mol. The van der Waals surface area contributed by atoms with Gasteiger partial charge in [-0.25, -0.2) is 0 Å². The average molecular weight is 265 g/mol. The first-order chi connectivity index (χ1) is 9.22. The fraction of sp³-hybridized carbons (Fsp3) is 0.769. The van der Waals surface area contributed by atoms with Crippen LogP contribution in [-0.2, 0) is 17.8 Å². The first-order valence-corrected chi connectivity index (χ1v) is 7.13. The molecule has 0 saturated heterocycles. The van der Waals surface area contributed by atoms with E-state index in [1.165, 1.54) is 0 Å². The summed E-state index contributed by atoms with van der Waals surface area (Å²) in [5, 5.41) is 11.3. The highest BCUT2D eigenvalue weighted by molar-refractivity contribution is 5.76. The molecule has 0 aliphatic carbocycles. The molecule has 0 aromatic carbocycles. The van der Waals surface area contributed by atoms with Crippen LogP contribution < -0.4 is 11.1 Å². The zero-order valence-corrected chi connectivity index (χ0v) is 11.6. The second-order valence-electron chi connectivity index (χ2n) is 5.12. The minimum absolute atomic E-state index is 0.0682. The Kier molecular flexibility index (Phi) is 4.90. The number of nitrogens with zero attached hydrogens (tertiary/aromatic N) is 3. The highest BCUT2D eigenvalue weighted by Gasteiger charge is 2.22. The summed E-state index contributed by atoms with van der Waals surface area (Å²) < 4.78 is 2.12. The van der Waals surface area contributed by atoms with Crippen molar-refractivity contribution in [2.45, 2.75) is 58.0 Å². The second kappa shape index (κ2) is 6.65. The standard InChI is InChI=1S/C13H23N5O/c1-10(15-12(19)7-3-2-4-8-14)13-17-16-11-6-5-9-18(11)13/h10H,2-9,14H2,1H3,(H,15,19). The van der Waals surface area contributed by atoms with Crippen molar-refractivity contribution in [2.24, 2.45) is 5.73 Å². The molecule has 0 saturated carbocycles. The minimum Gasteiger partial charge on any atom is -0.346 e. The van der Waals surface area contributed by atoms with Gasteiger partial charge < -0.3 is 15.6 Å². The van der Waals surface area contributed by atoms with Crippen LogP contribution in [-0.4, -0.2) is 27.2 Å². The topological polar surface area (TPSA) is 85.8 Å². The van der Waals surface area contributed by atoms with Crippen molar-refractivity contribution in [2.75, 3.05) is 6.54 Å². The van der Waals surface area contributed by atoms with Crippen LogP contribution in [0.15, 0.2) is 0 Å². The lowest BCUT2D eigenvalue weighted by atomic mass is 10.2. The third-order valence-electron chi connectivity index (χ3n) is 3.51. The van der Waals surface area contributed by atoms with E-state index in [2.05, 4.69) is 20.1 Å². The van der Waals surface area contributed by atoms with E-state index in [-0.39, 0.29) is 11.9 Å². The summed E-state index contributed by atoms with van der Waals surface area (Å²) in [4.78, 5) is 11.8. The molecule has 1 aliphatic heterocycles. The van der Waals surface area contributed by atoms with Gasteiger partial charge in [-0.3, -0.25) is 4.79 Å². The van der Waals surface area contributed by atoms with Gasteiger partial charge in [0.1, 0.15) is 5.82 Å². The van der Waals surface area contributed by atoms with Crippen molar-refractivity contribution in [3.8, 4) is 0 Å². The molecule has 1 aliphatic rings. The molecular weight excluding hydrogens is 242 g/mol. The van der Waals surface area contributed by atoms with Crippen molar-refractivity contribution in [3.05, 3.63) is 11.6 Å². The number of rotatable bonds is 7. The van der Waals surface area contributed by atoms with Gasteiger partial charge in [0.25, 0.3) is 0 Å². The molecule has 2 heterocycles. The molecule has 19 heavy (non-hydrogen) atoms. The molecule has 3 N–H and O–H groups in total. The maximum Gasteiger partial charge on any atom is 0.220 e. The van der Waals surface area contributed by atoms with Crippen molar-refractivity contribution in [1.29, 1.82) is 0 Å². The number of hydrogen-bond acceptors (Lipinski definition) is 4. The number of carbonyl (C=O) groups is 1. The van der Waals surface area contributed by atoms with Gasteiger partial charge in [-0.15, -0.1) is 10.2 Å². The fourth-order valence-corrected chi connectivity index (χ4v) is 2.48. The first-order valence-electron chi connectivity index (χ1n) is 7.13. The Morgan fingerprint density at radius 1 is 1.42 bits per heavy atom. The third-order valence-corrected chi connectivity index (χ3v) is 3.51. The number of aromatic nitrogens is 3. The van der Waals surface area contributed by atoms with E-state index >= 15 is 0 Å². The molecule has 0 bridgehead atoms. The number of carbonyl (C=O) groups excluding carboxylic acids is 1. The highest BCUT2D eigenvalue weighted by Crippen LogP contribution is 2.18. The van der Waals surface area contributed by atoms with Gasteiger partial charge in [-0.05, 0) is 32.7 Å². The van der Waals surface area contributed by atoms with Gasteiger partial charge in [0, 0.05) is 19.4 Å². The van der Waals surface area contributed by atoms with E-state index in [0.717, 1.165) is 50.3 Å². The van der Waals surface area contributed by atoms with Crippen molar-refractivity contribution in [1.82, 2.24) is 20.1 Å². The van der Waals surface area contributed by atoms with Crippen LogP contribution in [0.2, 0.25) is 0 Å². The number of nitrogens with one attached hydrogen (secondary N) is 1. The minimum atomic E-state index is -0.0682. The van der Waals surface area contributed by atoms with Gasteiger partial charge in [-0.2, -0.15) is 0 Å². The highest BCUT2D eigenvalue weighted by atomic mass is 16.1. The van der Waals surface area contributed by atoms with Crippen LogP contribution in [0.1, 0.15) is 56.7 Å². The summed E-state index contributed by atoms with van der Waals surface area (Å²) in [5.74, 6) is 2.00. The van der Waals surface area contributed by atoms with Crippen LogP contribution >= 0.6 is 0 Å². The largest absolute Gasteiger partial charge is 0.346 e. The quantitative estimate of drug-likeness (QED) is 0.718. The first kappa shape index (κ1) is 14.0. The van der Waals surface area contributed by atoms with E-state index < -0.39 is 0 Å². The summed E-state index contributed by atoms with van der Waals surface area (Å²) in [6, 6.07) is -0.0682. The second-order valence-corrected chi connectivity index (χ2v) is 5.12. The van der Waals surface area contributed by atoms with Gasteiger partial charge in [-0.1, -0.05) is 6.42 Å². The zero-order chi connectivity index (χ0) is 13.7. The number of unbranched alkanes of at least 4 members (excludes halogenated alkanes) is 2. The molecule has 1 aromatic heterocycles. The lowest BCUT2D eigenvalue weighted by Gasteiger charge is -2.13. The van der Waals surface area contributed by atoms with E-state index in [1.807, 2.05) is 6.92 Å². The molecule has 0 fully saturated rings. The summed E-state index contributed by atoms with van der Waals surface area (Å²) in [6.07, 6.45) is 5.57. The van der Waals surface area contributed by atoms with Crippen LogP contribution in [0.25, 0.3) is 0 Å². The number of fused-ring (bicyclic) bond motifs is 1. The predicted octanol–water partition coefficient (Wildman–Crippen LogP) is 0.921. The van der Waals surface area contributed by atoms with Crippen LogP contribution in [0.5, 0.6) is 0 Å². The molecular formula is C13H23N5O. The van der Waals surface area contributed by atoms with E-state index in [4.69, 9.17) is 5.73 Å². The average Bonchev–Trinajstić information content (AvgIpc) is 2.96. The summed E-state index contributed by atoms with van der Waals surface area (Å²) in [6.45, 7) is 3.63. The molecule has 2 rings (SSSR count). The summed E-state index contributed by atoms with van der Waals surface area (Å²) in [5.41, 5.74) is 5.42. The Balaban J connectivity index is 1.80. The van der Waals surface area contributed by atoms with E-state index in [1.54, 1.807) is 0 Å². The van der Waals surface area contributed by atoms with Crippen molar-refractivity contribution < 1.29 is 4.79 Å². The molecule has 1 aromatic rings. The normalized spacial score (nSPS) is 15.3. The smallest absolute Gasteiger partial charge is 0.220 e. The number of nitrogens with two attached hydrogens (primary N) is 1. The molecule has 1 atom stereocenters. The Morgan fingerprint density at radius 2 is 2.26 bits per heavy atom. The van der Waals surface area contributed by atoms with Crippen LogP contribution in [0.4, 0.5) is 0 Å². The van der Waals surface area contributed by atoms with Crippen molar-refractivity contribution >= 4 is 5.91 Å². The van der Waals surface area contributed by atoms with E-state index in [0.29, 0.717) is 13.0 Å². The van der Waals surface area contributed by atoms with Gasteiger partial charge in [0.15, 0.2) is 5.82 Å². The van der Waals surface area contributed by atoms with Crippen LogP contribution in [0, 0.1) is 0 Å². The Hall–Kier alpha value is -1.43. The number of amides is 1. The maximum atomic E-state index is 11.8. The van der Waals surface area contributed by atoms with Gasteiger partial charge >= 0.3 is 0 Å². The Labute approximate surface area is 113 Å². The summed E-state index contributed by atoms with van der Waals surface area (Å²) in [7, 11) is 0.